The zero-order valence-corrected chi connectivity index (χ0v) is 13.1. The highest BCUT2D eigenvalue weighted by atomic mass is 32.2. The fourth-order valence-electron chi connectivity index (χ4n) is 1.70. The van der Waals surface area contributed by atoms with Crippen LogP contribution in [0.25, 0.3) is 0 Å². The van der Waals surface area contributed by atoms with Gasteiger partial charge in [-0.2, -0.15) is 22.0 Å². The molecule has 0 aromatic rings. The molecule has 0 saturated heterocycles. The molecular formula is C12H21F5O3S. The highest BCUT2D eigenvalue weighted by Gasteiger charge is 2.57. The molecule has 9 heteroatoms. The first-order chi connectivity index (χ1) is 9.56. The Balaban J connectivity index is 4.55. The molecule has 0 aromatic carbocycles. The molecule has 0 heterocycles. The second kappa shape index (κ2) is 8.50. The second-order valence-corrected chi connectivity index (χ2v) is 6.27. The minimum Gasteiger partial charge on any atom is -0.612 e. The Morgan fingerprint density at radius 1 is 0.952 bits per heavy atom. The largest absolute Gasteiger partial charge is 0.612 e. The van der Waals surface area contributed by atoms with Gasteiger partial charge in [-0.15, -0.1) is 0 Å². The van der Waals surface area contributed by atoms with Crippen molar-refractivity contribution in [3.05, 3.63) is 0 Å². The van der Waals surface area contributed by atoms with E-state index >= 15 is 0 Å². The summed E-state index contributed by atoms with van der Waals surface area (Å²) >= 11 is -1.82. The molecule has 0 amide bonds. The van der Waals surface area contributed by atoms with Crippen molar-refractivity contribution in [1.29, 1.82) is 0 Å². The van der Waals surface area contributed by atoms with Gasteiger partial charge in [0.25, 0.3) is 0 Å². The van der Waals surface area contributed by atoms with Crippen molar-refractivity contribution >= 4 is 11.2 Å². The normalized spacial score (nSPS) is 15.3. The van der Waals surface area contributed by atoms with Crippen molar-refractivity contribution in [2.24, 2.45) is 0 Å². The SMILES string of the molecule is CCCCC(OC)(OC)[S+]([O-])CCCC(F)(F)C(F)(F)F. The Labute approximate surface area is 124 Å². The Hall–Kier alpha value is -0.120. The van der Waals surface area contributed by atoms with Crippen molar-refractivity contribution in [2.45, 2.75) is 56.2 Å². The summed E-state index contributed by atoms with van der Waals surface area (Å²) < 4.78 is 83.8. The third-order valence-corrected chi connectivity index (χ3v) is 4.93. The Morgan fingerprint density at radius 3 is 1.86 bits per heavy atom. The number of unbranched alkanes of at least 4 members (excludes halogenated alkanes) is 1. The van der Waals surface area contributed by atoms with Gasteiger partial charge < -0.3 is 14.0 Å². The topological polar surface area (TPSA) is 41.5 Å². The smallest absolute Gasteiger partial charge is 0.453 e. The van der Waals surface area contributed by atoms with E-state index in [1.54, 1.807) is 0 Å². The van der Waals surface area contributed by atoms with Gasteiger partial charge in [0.05, 0.1) is 6.42 Å². The quantitative estimate of drug-likeness (QED) is 0.345. The third kappa shape index (κ3) is 5.88. The van der Waals surface area contributed by atoms with Crippen molar-refractivity contribution in [2.75, 3.05) is 20.0 Å². The molecule has 0 spiro atoms. The fourth-order valence-corrected chi connectivity index (χ4v) is 3.16. The van der Waals surface area contributed by atoms with E-state index in [-0.39, 0.29) is 12.2 Å². The molecule has 0 aliphatic carbocycles. The molecule has 0 aromatic heterocycles. The van der Waals surface area contributed by atoms with Gasteiger partial charge in [-0.25, -0.2) is 0 Å². The van der Waals surface area contributed by atoms with Crippen LogP contribution in [0.1, 0.15) is 39.0 Å². The zero-order chi connectivity index (χ0) is 16.7. The Bertz CT molecular complexity index is 295. The van der Waals surface area contributed by atoms with Gasteiger partial charge in [-0.1, -0.05) is 13.3 Å². The monoisotopic (exact) mass is 340 g/mol. The standard InChI is InChI=1S/C12H21F5O3S/c1-4-5-8-11(19-2,20-3)21(18)9-6-7-10(13,14)12(15,16)17/h4-9H2,1-3H3. The van der Waals surface area contributed by atoms with Crippen LogP contribution in [0.4, 0.5) is 22.0 Å². The maximum absolute atomic E-state index is 12.8. The minimum absolute atomic E-state index is 0.277. The van der Waals surface area contributed by atoms with Crippen molar-refractivity contribution in [1.82, 2.24) is 0 Å². The van der Waals surface area contributed by atoms with E-state index in [0.29, 0.717) is 6.42 Å². The Morgan fingerprint density at radius 2 is 1.48 bits per heavy atom. The lowest BCUT2D eigenvalue weighted by atomic mass is 10.2. The van der Waals surface area contributed by atoms with Gasteiger partial charge >= 0.3 is 17.2 Å². The molecule has 3 nitrogen and oxygen atoms in total. The van der Waals surface area contributed by atoms with Crippen LogP contribution in [-0.4, -0.2) is 41.7 Å². The lowest BCUT2D eigenvalue weighted by molar-refractivity contribution is -0.284. The maximum Gasteiger partial charge on any atom is 0.453 e. The molecule has 0 rings (SSSR count). The summed E-state index contributed by atoms with van der Waals surface area (Å²) in [4.78, 5) is 0. The number of hydrogen-bond acceptors (Lipinski definition) is 3. The van der Waals surface area contributed by atoms with Crippen LogP contribution >= 0.6 is 0 Å². The number of halogens is 5. The highest BCUT2D eigenvalue weighted by Crippen LogP contribution is 2.39. The Kier molecular flexibility index (Phi) is 8.45. The molecule has 0 aliphatic heterocycles. The van der Waals surface area contributed by atoms with E-state index in [1.807, 2.05) is 6.92 Å². The van der Waals surface area contributed by atoms with Gasteiger partial charge in [-0.3, -0.25) is 0 Å². The predicted molar refractivity (Wildman–Crippen MR) is 69.5 cm³/mol. The summed E-state index contributed by atoms with van der Waals surface area (Å²) in [5.74, 6) is -5.12. The first-order valence-corrected chi connectivity index (χ1v) is 7.81. The van der Waals surface area contributed by atoms with Gasteiger partial charge in [0.15, 0.2) is 0 Å². The van der Waals surface area contributed by atoms with E-state index < -0.39 is 41.2 Å². The molecule has 0 saturated carbocycles. The molecule has 0 bridgehead atoms. The molecular weight excluding hydrogens is 319 g/mol. The van der Waals surface area contributed by atoms with Crippen LogP contribution in [0.3, 0.4) is 0 Å². The van der Waals surface area contributed by atoms with E-state index in [0.717, 1.165) is 6.42 Å². The second-order valence-electron chi connectivity index (χ2n) is 4.55. The van der Waals surface area contributed by atoms with Crippen LogP contribution in [0.2, 0.25) is 0 Å². The highest BCUT2D eigenvalue weighted by molar-refractivity contribution is 7.92. The van der Waals surface area contributed by atoms with Crippen LogP contribution in [-0.2, 0) is 20.6 Å². The predicted octanol–water partition coefficient (Wildman–Crippen LogP) is 3.85. The van der Waals surface area contributed by atoms with Gasteiger partial charge in [0.2, 0.25) is 0 Å². The van der Waals surface area contributed by atoms with Gasteiger partial charge in [0, 0.05) is 31.8 Å². The van der Waals surface area contributed by atoms with Crippen molar-refractivity contribution in [3.8, 4) is 0 Å². The van der Waals surface area contributed by atoms with E-state index in [2.05, 4.69) is 0 Å². The minimum atomic E-state index is -5.59. The van der Waals surface area contributed by atoms with Crippen LogP contribution in [0.5, 0.6) is 0 Å². The molecule has 0 aliphatic rings. The first kappa shape index (κ1) is 20.9. The lowest BCUT2D eigenvalue weighted by Gasteiger charge is -2.32. The van der Waals surface area contributed by atoms with Crippen LogP contribution in [0, 0.1) is 0 Å². The summed E-state index contributed by atoms with van der Waals surface area (Å²) in [7, 11) is 2.53. The number of alkyl halides is 5. The average molecular weight is 340 g/mol. The van der Waals surface area contributed by atoms with E-state index in [1.165, 1.54) is 14.2 Å². The van der Waals surface area contributed by atoms with E-state index in [4.69, 9.17) is 9.47 Å². The maximum atomic E-state index is 12.8. The van der Waals surface area contributed by atoms with Gasteiger partial charge in [-0.05, 0) is 12.8 Å². The average Bonchev–Trinajstić information content (AvgIpc) is 2.39. The summed E-state index contributed by atoms with van der Waals surface area (Å²) in [5.41, 5.74) is 0. The van der Waals surface area contributed by atoms with Crippen LogP contribution < -0.4 is 0 Å². The van der Waals surface area contributed by atoms with Crippen molar-refractivity contribution in [3.63, 3.8) is 0 Å². The summed E-state index contributed by atoms with van der Waals surface area (Å²) in [6.07, 6.45) is -5.85. The molecule has 0 fully saturated rings. The molecule has 128 valence electrons. The summed E-state index contributed by atoms with van der Waals surface area (Å²) in [6.45, 7) is 1.89. The van der Waals surface area contributed by atoms with Crippen LogP contribution in [0.15, 0.2) is 0 Å². The zero-order valence-electron chi connectivity index (χ0n) is 12.3. The molecule has 0 N–H and O–H groups in total. The van der Waals surface area contributed by atoms with Crippen molar-refractivity contribution < 1.29 is 36.0 Å². The number of ether oxygens (including phenoxy) is 2. The third-order valence-electron chi connectivity index (χ3n) is 3.04. The van der Waals surface area contributed by atoms with E-state index in [9.17, 15) is 26.5 Å². The number of hydrogen-bond donors (Lipinski definition) is 0. The number of rotatable bonds is 10. The fraction of sp³-hybridized carbons (Fsp3) is 1.00. The lowest BCUT2D eigenvalue weighted by Crippen LogP contribution is -2.44. The molecule has 1 atom stereocenters. The molecule has 21 heavy (non-hydrogen) atoms. The molecule has 0 radical (unpaired) electrons. The molecule has 1 unspecified atom stereocenters. The summed E-state index contributed by atoms with van der Waals surface area (Å²) in [6, 6.07) is 0. The van der Waals surface area contributed by atoms with Gasteiger partial charge in [0.1, 0.15) is 5.75 Å². The summed E-state index contributed by atoms with van der Waals surface area (Å²) in [5, 5.41) is -1.45. The number of methoxy groups -OCH3 is 2. The first-order valence-electron chi connectivity index (χ1n) is 6.49.